The van der Waals surface area contributed by atoms with Gasteiger partial charge in [0.2, 0.25) is 0 Å². The zero-order valence-electron chi connectivity index (χ0n) is 15.2. The summed E-state index contributed by atoms with van der Waals surface area (Å²) in [6, 6.07) is 11.4. The number of hydrogen-bond acceptors (Lipinski definition) is 5. The Balaban J connectivity index is 1.85. The summed E-state index contributed by atoms with van der Waals surface area (Å²) in [6.45, 7) is 2.82. The average Bonchev–Trinajstić information content (AvgIpc) is 3.11. The van der Waals surface area contributed by atoms with Crippen LogP contribution in [0.5, 0.6) is 11.5 Å². The lowest BCUT2D eigenvalue weighted by Crippen LogP contribution is -2.00. The third-order valence-corrected chi connectivity index (χ3v) is 5.80. The van der Waals surface area contributed by atoms with Crippen molar-refractivity contribution in [2.45, 2.75) is 24.4 Å². The summed E-state index contributed by atoms with van der Waals surface area (Å²) in [5.74, 6) is 2.85. The van der Waals surface area contributed by atoms with Crippen LogP contribution in [0.1, 0.15) is 12.5 Å². The van der Waals surface area contributed by atoms with Gasteiger partial charge in [0.05, 0.1) is 24.3 Å². The number of thioether (sulfide) groups is 1. The highest BCUT2D eigenvalue weighted by molar-refractivity contribution is 7.98. The van der Waals surface area contributed by atoms with Crippen molar-refractivity contribution in [2.75, 3.05) is 14.2 Å². The molecule has 0 aliphatic rings. The fraction of sp³-hybridized carbons (Fsp3) is 0.263. The summed E-state index contributed by atoms with van der Waals surface area (Å²) in [6.07, 6.45) is 0. The molecule has 5 nitrogen and oxygen atoms in total. The first-order chi connectivity index (χ1) is 13.1. The Bertz CT molecular complexity index is 947. The maximum absolute atomic E-state index is 6.10. The van der Waals surface area contributed by atoms with Gasteiger partial charge in [0, 0.05) is 17.9 Å². The van der Waals surface area contributed by atoms with E-state index in [9.17, 15) is 0 Å². The third kappa shape index (κ3) is 4.34. The summed E-state index contributed by atoms with van der Waals surface area (Å²) in [5.41, 5.74) is 2.00. The van der Waals surface area contributed by atoms with Crippen LogP contribution in [0, 0.1) is 0 Å². The molecule has 0 saturated carbocycles. The minimum absolute atomic E-state index is 0.553. The van der Waals surface area contributed by atoms with Crippen LogP contribution in [0.4, 0.5) is 0 Å². The predicted molar refractivity (Wildman–Crippen MR) is 110 cm³/mol. The second kappa shape index (κ2) is 8.87. The maximum Gasteiger partial charge on any atom is 0.191 e. The molecule has 3 aromatic rings. The highest BCUT2D eigenvalue weighted by atomic mass is 35.5. The molecular weight excluding hydrogens is 405 g/mol. The van der Waals surface area contributed by atoms with Crippen LogP contribution in [0.25, 0.3) is 11.4 Å². The van der Waals surface area contributed by atoms with E-state index in [1.54, 1.807) is 32.0 Å². The van der Waals surface area contributed by atoms with Gasteiger partial charge < -0.3 is 14.0 Å². The van der Waals surface area contributed by atoms with E-state index < -0.39 is 0 Å². The van der Waals surface area contributed by atoms with Crippen molar-refractivity contribution < 1.29 is 9.47 Å². The molecule has 1 aromatic heterocycles. The van der Waals surface area contributed by atoms with Gasteiger partial charge in [-0.3, -0.25) is 0 Å². The largest absolute Gasteiger partial charge is 0.493 e. The molecule has 0 aliphatic carbocycles. The van der Waals surface area contributed by atoms with Crippen molar-refractivity contribution >= 4 is 35.0 Å². The zero-order chi connectivity index (χ0) is 19.4. The van der Waals surface area contributed by atoms with E-state index in [0.29, 0.717) is 21.5 Å². The fourth-order valence-electron chi connectivity index (χ4n) is 2.65. The van der Waals surface area contributed by atoms with E-state index in [4.69, 9.17) is 32.7 Å². The summed E-state index contributed by atoms with van der Waals surface area (Å²) >= 11 is 13.7. The van der Waals surface area contributed by atoms with Crippen molar-refractivity contribution in [3.8, 4) is 22.9 Å². The Morgan fingerprint density at radius 3 is 2.41 bits per heavy atom. The first kappa shape index (κ1) is 19.9. The van der Waals surface area contributed by atoms with Crippen molar-refractivity contribution in [1.29, 1.82) is 0 Å². The summed E-state index contributed by atoms with van der Waals surface area (Å²) in [4.78, 5) is 0. The van der Waals surface area contributed by atoms with Gasteiger partial charge in [0.25, 0.3) is 0 Å². The monoisotopic (exact) mass is 423 g/mol. The molecular formula is C19H19Cl2N3O2S. The molecule has 8 heteroatoms. The molecule has 27 heavy (non-hydrogen) atoms. The van der Waals surface area contributed by atoms with Crippen LogP contribution in [-0.4, -0.2) is 29.0 Å². The van der Waals surface area contributed by atoms with Crippen LogP contribution < -0.4 is 9.47 Å². The Morgan fingerprint density at radius 2 is 1.74 bits per heavy atom. The molecule has 0 aliphatic heterocycles. The molecule has 0 bridgehead atoms. The third-order valence-electron chi connectivity index (χ3n) is 4.03. The number of halogens is 2. The van der Waals surface area contributed by atoms with Gasteiger partial charge in [-0.2, -0.15) is 0 Å². The normalized spacial score (nSPS) is 10.9. The second-order valence-electron chi connectivity index (χ2n) is 5.66. The Labute approximate surface area is 172 Å². The molecule has 3 rings (SSSR count). The van der Waals surface area contributed by atoms with Crippen molar-refractivity contribution in [3.63, 3.8) is 0 Å². The molecule has 0 unspecified atom stereocenters. The fourth-order valence-corrected chi connectivity index (χ4v) is 3.91. The Morgan fingerprint density at radius 1 is 0.963 bits per heavy atom. The Kier molecular flexibility index (Phi) is 6.52. The van der Waals surface area contributed by atoms with E-state index in [0.717, 1.165) is 34.4 Å². The van der Waals surface area contributed by atoms with Crippen LogP contribution in [0.3, 0.4) is 0 Å². The SMILES string of the molecule is CCn1c(SCc2ccc(Cl)c(Cl)c2)nnc1-c1ccc(OC)c(OC)c1. The van der Waals surface area contributed by atoms with Crippen LogP contribution in [-0.2, 0) is 12.3 Å². The number of benzene rings is 2. The highest BCUT2D eigenvalue weighted by Gasteiger charge is 2.15. The van der Waals surface area contributed by atoms with E-state index in [-0.39, 0.29) is 0 Å². The minimum Gasteiger partial charge on any atom is -0.493 e. The molecule has 0 amide bonds. The first-order valence-electron chi connectivity index (χ1n) is 8.29. The maximum atomic E-state index is 6.10. The van der Waals surface area contributed by atoms with Crippen molar-refractivity contribution in [1.82, 2.24) is 14.8 Å². The zero-order valence-corrected chi connectivity index (χ0v) is 17.5. The topological polar surface area (TPSA) is 49.2 Å². The molecule has 0 atom stereocenters. The van der Waals surface area contributed by atoms with Crippen LogP contribution >= 0.6 is 35.0 Å². The Hall–Kier alpha value is -1.89. The molecule has 0 radical (unpaired) electrons. The molecule has 0 spiro atoms. The number of nitrogens with zero attached hydrogens (tertiary/aromatic N) is 3. The van der Waals surface area contributed by atoms with Crippen molar-refractivity contribution in [2.24, 2.45) is 0 Å². The van der Waals surface area contributed by atoms with Gasteiger partial charge in [-0.15, -0.1) is 10.2 Å². The smallest absolute Gasteiger partial charge is 0.191 e. The van der Waals surface area contributed by atoms with E-state index in [1.807, 2.05) is 30.3 Å². The molecule has 0 fully saturated rings. The quantitative estimate of drug-likeness (QED) is 0.464. The number of methoxy groups -OCH3 is 2. The average molecular weight is 424 g/mol. The van der Waals surface area contributed by atoms with E-state index >= 15 is 0 Å². The number of aromatic nitrogens is 3. The van der Waals surface area contributed by atoms with E-state index in [2.05, 4.69) is 21.7 Å². The second-order valence-corrected chi connectivity index (χ2v) is 7.41. The molecule has 0 N–H and O–H groups in total. The predicted octanol–water partition coefficient (Wildman–Crippen LogP) is 5.58. The summed E-state index contributed by atoms with van der Waals surface area (Å²) in [5, 5.41) is 10.7. The van der Waals surface area contributed by atoms with Gasteiger partial charge in [0.1, 0.15) is 0 Å². The van der Waals surface area contributed by atoms with Gasteiger partial charge in [-0.05, 0) is 42.8 Å². The number of rotatable bonds is 7. The van der Waals surface area contributed by atoms with Crippen LogP contribution in [0.2, 0.25) is 10.0 Å². The summed E-state index contributed by atoms with van der Waals surface area (Å²) < 4.78 is 12.8. The van der Waals surface area contributed by atoms with Gasteiger partial charge in [-0.1, -0.05) is 41.0 Å². The highest BCUT2D eigenvalue weighted by Crippen LogP contribution is 2.33. The lowest BCUT2D eigenvalue weighted by molar-refractivity contribution is 0.355. The van der Waals surface area contributed by atoms with Gasteiger partial charge in [0.15, 0.2) is 22.5 Å². The molecule has 0 saturated heterocycles. The first-order valence-corrected chi connectivity index (χ1v) is 10.0. The molecule has 142 valence electrons. The lowest BCUT2D eigenvalue weighted by atomic mass is 10.2. The lowest BCUT2D eigenvalue weighted by Gasteiger charge is -2.11. The van der Waals surface area contributed by atoms with Crippen LogP contribution in [0.15, 0.2) is 41.6 Å². The minimum atomic E-state index is 0.553. The molecule has 2 aromatic carbocycles. The van der Waals surface area contributed by atoms with Crippen molar-refractivity contribution in [3.05, 3.63) is 52.0 Å². The van der Waals surface area contributed by atoms with Gasteiger partial charge >= 0.3 is 0 Å². The summed E-state index contributed by atoms with van der Waals surface area (Å²) in [7, 11) is 3.23. The number of ether oxygens (including phenoxy) is 2. The standard InChI is InChI=1S/C19H19Cl2N3O2S/c1-4-24-18(13-6-8-16(25-2)17(10-13)26-3)22-23-19(24)27-11-12-5-7-14(20)15(21)9-12/h5-10H,4,11H2,1-3H3. The van der Waals surface area contributed by atoms with Gasteiger partial charge in [-0.25, -0.2) is 0 Å². The molecule has 1 heterocycles. The number of hydrogen-bond donors (Lipinski definition) is 0. The van der Waals surface area contributed by atoms with E-state index in [1.165, 1.54) is 0 Å².